The Morgan fingerprint density at radius 1 is 1.08 bits per heavy atom. The van der Waals surface area contributed by atoms with Crippen LogP contribution in [0.1, 0.15) is 31.2 Å². The van der Waals surface area contributed by atoms with Gasteiger partial charge in [0.1, 0.15) is 5.75 Å². The lowest BCUT2D eigenvalue weighted by Gasteiger charge is -2.32. The van der Waals surface area contributed by atoms with Gasteiger partial charge in [-0.3, -0.25) is 4.90 Å². The molecule has 1 aromatic rings. The van der Waals surface area contributed by atoms with Crippen LogP contribution < -0.4 is 4.74 Å². The zero-order chi connectivity index (χ0) is 17.1. The number of hydrogen-bond acceptors (Lipinski definition) is 4. The number of piperazine rings is 1. The van der Waals surface area contributed by atoms with E-state index in [1.807, 2.05) is 0 Å². The number of fused-ring (bicyclic) bond motifs is 2. The topological polar surface area (TPSA) is 19.0 Å². The van der Waals surface area contributed by atoms with Crippen molar-refractivity contribution in [2.45, 2.75) is 38.3 Å². The number of rotatable bonds is 7. The number of likely N-dealkylation sites (N-methyl/N-ethyl adjacent to an activating group) is 1. The van der Waals surface area contributed by atoms with Gasteiger partial charge in [0.15, 0.2) is 0 Å². The highest BCUT2D eigenvalue weighted by Gasteiger charge is 2.37. The number of benzene rings is 1. The van der Waals surface area contributed by atoms with Crippen LogP contribution in [0.15, 0.2) is 24.3 Å². The SMILES string of the molecule is CN1CCN(CCCOc2ccccc2CN2C[C@H]3CC[C@H]2C3)CC1. The predicted molar refractivity (Wildman–Crippen MR) is 102 cm³/mol. The summed E-state index contributed by atoms with van der Waals surface area (Å²) in [5.74, 6) is 2.06. The van der Waals surface area contributed by atoms with E-state index in [9.17, 15) is 0 Å². The third kappa shape index (κ3) is 4.36. The van der Waals surface area contributed by atoms with Crippen LogP contribution in [0.25, 0.3) is 0 Å². The van der Waals surface area contributed by atoms with Crippen molar-refractivity contribution < 1.29 is 4.74 Å². The second-order valence-corrected chi connectivity index (χ2v) is 8.22. The van der Waals surface area contributed by atoms with E-state index in [4.69, 9.17) is 4.74 Å². The summed E-state index contributed by atoms with van der Waals surface area (Å²) in [6.45, 7) is 9.14. The van der Waals surface area contributed by atoms with Gasteiger partial charge in [-0.05, 0) is 44.7 Å². The summed E-state index contributed by atoms with van der Waals surface area (Å²) in [5, 5.41) is 0. The van der Waals surface area contributed by atoms with E-state index < -0.39 is 0 Å². The zero-order valence-corrected chi connectivity index (χ0v) is 15.7. The molecule has 138 valence electrons. The van der Waals surface area contributed by atoms with Crippen molar-refractivity contribution in [3.8, 4) is 5.75 Å². The molecule has 4 heteroatoms. The molecule has 25 heavy (non-hydrogen) atoms. The molecule has 0 spiro atoms. The van der Waals surface area contributed by atoms with Gasteiger partial charge in [0.25, 0.3) is 0 Å². The van der Waals surface area contributed by atoms with Gasteiger partial charge in [-0.25, -0.2) is 0 Å². The molecule has 3 aliphatic rings. The summed E-state index contributed by atoms with van der Waals surface area (Å²) in [6.07, 6.45) is 5.39. The third-order valence-corrected chi connectivity index (χ3v) is 6.34. The molecule has 1 aromatic carbocycles. The van der Waals surface area contributed by atoms with E-state index in [2.05, 4.69) is 46.0 Å². The highest BCUT2D eigenvalue weighted by atomic mass is 16.5. The Labute approximate surface area is 152 Å². The summed E-state index contributed by atoms with van der Waals surface area (Å²) in [6, 6.07) is 9.49. The molecule has 4 nitrogen and oxygen atoms in total. The lowest BCUT2D eigenvalue weighted by Crippen LogP contribution is -2.44. The van der Waals surface area contributed by atoms with Crippen molar-refractivity contribution in [3.63, 3.8) is 0 Å². The fourth-order valence-corrected chi connectivity index (χ4v) is 4.76. The zero-order valence-electron chi connectivity index (χ0n) is 15.7. The largest absolute Gasteiger partial charge is 0.493 e. The first-order chi connectivity index (χ1) is 12.3. The van der Waals surface area contributed by atoms with Crippen LogP contribution in [-0.2, 0) is 6.54 Å². The van der Waals surface area contributed by atoms with Crippen LogP contribution in [0.5, 0.6) is 5.75 Å². The van der Waals surface area contributed by atoms with Crippen LogP contribution in [0.2, 0.25) is 0 Å². The second kappa shape index (κ2) is 8.07. The van der Waals surface area contributed by atoms with E-state index in [-0.39, 0.29) is 0 Å². The maximum atomic E-state index is 6.18. The van der Waals surface area contributed by atoms with Gasteiger partial charge < -0.3 is 14.5 Å². The van der Waals surface area contributed by atoms with Crippen molar-refractivity contribution in [3.05, 3.63) is 29.8 Å². The van der Waals surface area contributed by atoms with Gasteiger partial charge in [0.2, 0.25) is 0 Å². The lowest BCUT2D eigenvalue weighted by atomic mass is 10.1. The minimum absolute atomic E-state index is 0.829. The Hall–Kier alpha value is -1.10. The van der Waals surface area contributed by atoms with Crippen LogP contribution in [-0.4, -0.2) is 73.7 Å². The summed E-state index contributed by atoms with van der Waals surface area (Å²) < 4.78 is 6.18. The molecule has 1 aliphatic carbocycles. The van der Waals surface area contributed by atoms with Crippen molar-refractivity contribution in [2.24, 2.45) is 5.92 Å². The molecule has 2 bridgehead atoms. The summed E-state index contributed by atoms with van der Waals surface area (Å²) in [7, 11) is 2.21. The number of hydrogen-bond donors (Lipinski definition) is 0. The standard InChI is InChI=1S/C21H33N3O/c1-22-10-12-23(13-11-22)9-4-14-25-21-6-3-2-5-19(21)17-24-16-18-7-8-20(24)15-18/h2-3,5-6,18,20H,4,7-17H2,1H3/t18-,20-/m0/s1. The third-order valence-electron chi connectivity index (χ3n) is 6.34. The molecule has 3 fully saturated rings. The van der Waals surface area contributed by atoms with Gasteiger partial charge in [-0.15, -0.1) is 0 Å². The van der Waals surface area contributed by atoms with Gasteiger partial charge in [-0.1, -0.05) is 18.2 Å². The Morgan fingerprint density at radius 3 is 2.68 bits per heavy atom. The number of nitrogens with zero attached hydrogens (tertiary/aromatic N) is 3. The van der Waals surface area contributed by atoms with Crippen molar-refractivity contribution >= 4 is 0 Å². The molecule has 0 radical (unpaired) electrons. The Kier molecular flexibility index (Phi) is 5.59. The molecular weight excluding hydrogens is 310 g/mol. The number of piperidine rings is 1. The first kappa shape index (κ1) is 17.3. The monoisotopic (exact) mass is 343 g/mol. The normalized spacial score (nSPS) is 27.9. The molecule has 1 saturated carbocycles. The first-order valence-corrected chi connectivity index (χ1v) is 10.1. The summed E-state index contributed by atoms with van der Waals surface area (Å²) >= 11 is 0. The molecule has 0 N–H and O–H groups in total. The molecule has 4 rings (SSSR count). The number of likely N-dealkylation sites (tertiary alicyclic amines) is 1. The van der Waals surface area contributed by atoms with Crippen molar-refractivity contribution in [1.29, 1.82) is 0 Å². The molecule has 2 heterocycles. The van der Waals surface area contributed by atoms with Crippen molar-refractivity contribution in [2.75, 3.05) is 52.9 Å². The van der Waals surface area contributed by atoms with Gasteiger partial charge in [0, 0.05) is 57.4 Å². The molecule has 0 aromatic heterocycles. The predicted octanol–water partition coefficient (Wildman–Crippen LogP) is 2.69. The average Bonchev–Trinajstić information content (AvgIpc) is 3.24. The molecule has 2 atom stereocenters. The lowest BCUT2D eigenvalue weighted by molar-refractivity contribution is 0.145. The van der Waals surface area contributed by atoms with E-state index in [1.54, 1.807) is 0 Å². The van der Waals surface area contributed by atoms with E-state index in [0.29, 0.717) is 0 Å². The number of ether oxygens (including phenoxy) is 1. The Morgan fingerprint density at radius 2 is 1.92 bits per heavy atom. The maximum Gasteiger partial charge on any atom is 0.123 e. The van der Waals surface area contributed by atoms with Gasteiger partial charge >= 0.3 is 0 Å². The molecule has 2 saturated heterocycles. The first-order valence-electron chi connectivity index (χ1n) is 10.1. The Balaban J connectivity index is 1.24. The van der Waals surface area contributed by atoms with Gasteiger partial charge in [0.05, 0.1) is 6.61 Å². The van der Waals surface area contributed by atoms with Crippen molar-refractivity contribution in [1.82, 2.24) is 14.7 Å². The quantitative estimate of drug-likeness (QED) is 0.709. The van der Waals surface area contributed by atoms with Crippen LogP contribution in [0.3, 0.4) is 0 Å². The van der Waals surface area contributed by atoms with E-state index in [1.165, 1.54) is 57.5 Å². The molecular formula is C21H33N3O. The van der Waals surface area contributed by atoms with Crippen LogP contribution in [0, 0.1) is 5.92 Å². The minimum atomic E-state index is 0.829. The average molecular weight is 344 g/mol. The summed E-state index contributed by atoms with van der Waals surface area (Å²) in [5.41, 5.74) is 1.37. The van der Waals surface area contributed by atoms with Gasteiger partial charge in [-0.2, -0.15) is 0 Å². The fraction of sp³-hybridized carbons (Fsp3) is 0.714. The van der Waals surface area contributed by atoms with Crippen LogP contribution >= 0.6 is 0 Å². The molecule has 0 unspecified atom stereocenters. The Bertz CT molecular complexity index is 556. The highest BCUT2D eigenvalue weighted by Crippen LogP contribution is 2.38. The fourth-order valence-electron chi connectivity index (χ4n) is 4.76. The smallest absolute Gasteiger partial charge is 0.123 e. The minimum Gasteiger partial charge on any atom is -0.493 e. The van der Waals surface area contributed by atoms with E-state index in [0.717, 1.165) is 43.8 Å². The van der Waals surface area contributed by atoms with E-state index >= 15 is 0 Å². The summed E-state index contributed by atoms with van der Waals surface area (Å²) in [4.78, 5) is 7.66. The molecule has 0 amide bonds. The maximum absolute atomic E-state index is 6.18. The second-order valence-electron chi connectivity index (χ2n) is 8.22. The number of para-hydroxylation sites is 1. The highest BCUT2D eigenvalue weighted by molar-refractivity contribution is 5.33. The van der Waals surface area contributed by atoms with Crippen LogP contribution in [0.4, 0.5) is 0 Å². The molecule has 2 aliphatic heterocycles.